The van der Waals surface area contributed by atoms with E-state index >= 15 is 8.78 Å². The summed E-state index contributed by atoms with van der Waals surface area (Å²) in [6.07, 6.45) is 4.17. The molecule has 3 fully saturated rings. The fraction of sp³-hybridized carbons (Fsp3) is 0.514. The van der Waals surface area contributed by atoms with Crippen molar-refractivity contribution in [2.24, 2.45) is 0 Å². The summed E-state index contributed by atoms with van der Waals surface area (Å²) < 4.78 is 51.8. The second-order valence-electron chi connectivity index (χ2n) is 13.6. The maximum Gasteiger partial charge on any atom is 0.319 e. The van der Waals surface area contributed by atoms with E-state index in [2.05, 4.69) is 34.7 Å². The molecule has 4 atom stereocenters. The monoisotopic (exact) mass is 675 g/mol. The first-order valence-electron chi connectivity index (χ1n) is 16.7. The number of likely N-dealkylation sites (N-methyl/N-ethyl adjacent to an activating group) is 1. The summed E-state index contributed by atoms with van der Waals surface area (Å²) in [7, 11) is 3.81. The molecule has 0 spiro atoms. The minimum atomic E-state index is -0.680. The molecule has 10 nitrogen and oxygen atoms in total. The van der Waals surface area contributed by atoms with Crippen molar-refractivity contribution in [1.82, 2.24) is 19.8 Å². The van der Waals surface area contributed by atoms with Gasteiger partial charge in [-0.25, -0.2) is 8.78 Å². The number of anilines is 2. The molecule has 252 valence electrons. The fourth-order valence-electron chi connectivity index (χ4n) is 8.33. The van der Waals surface area contributed by atoms with Gasteiger partial charge in [-0.15, -0.1) is 11.3 Å². The number of halogens is 2. The Kier molecular flexibility index (Phi) is 8.12. The quantitative estimate of drug-likeness (QED) is 0.259. The molecule has 0 amide bonds. The van der Waals surface area contributed by atoms with Crippen LogP contribution in [-0.2, 0) is 22.7 Å². The van der Waals surface area contributed by atoms with Crippen LogP contribution in [0.2, 0.25) is 0 Å². The molecule has 2 bridgehead atoms. The summed E-state index contributed by atoms with van der Waals surface area (Å²) in [5, 5.41) is 11.2. The van der Waals surface area contributed by atoms with Gasteiger partial charge in [-0.3, -0.25) is 4.90 Å². The van der Waals surface area contributed by atoms with Gasteiger partial charge in [0.05, 0.1) is 30.3 Å². The van der Waals surface area contributed by atoms with Gasteiger partial charge >= 0.3 is 6.01 Å². The average Bonchev–Trinajstić information content (AvgIpc) is 3.85. The second-order valence-corrected chi connectivity index (χ2v) is 14.7. The Labute approximate surface area is 282 Å². The number of methoxy groups -OCH3 is 1. The number of benzene rings is 2. The minimum absolute atomic E-state index is 0.00862. The van der Waals surface area contributed by atoms with Gasteiger partial charge in [0.2, 0.25) is 0 Å². The predicted octanol–water partition coefficient (Wildman–Crippen LogP) is 5.43. The third-order valence-corrected chi connectivity index (χ3v) is 11.7. The number of fused-ring (bicyclic) bond motifs is 6. The lowest BCUT2D eigenvalue weighted by molar-refractivity contribution is 0.0687. The molecule has 3 saturated heterocycles. The van der Waals surface area contributed by atoms with Gasteiger partial charge in [-0.05, 0) is 69.5 Å². The van der Waals surface area contributed by atoms with E-state index in [1.165, 1.54) is 17.4 Å². The fourth-order valence-corrected chi connectivity index (χ4v) is 9.26. The number of hydrogen-bond acceptors (Lipinski definition) is 11. The van der Waals surface area contributed by atoms with Crippen molar-refractivity contribution in [2.45, 2.75) is 70.1 Å². The number of hydrogen-bond donors (Lipinski definition) is 1. The van der Waals surface area contributed by atoms with E-state index in [1.54, 1.807) is 13.2 Å². The highest BCUT2D eigenvalue weighted by atomic mass is 32.1. The van der Waals surface area contributed by atoms with Gasteiger partial charge in [-0.1, -0.05) is 0 Å². The number of nitrogens with zero attached hydrogens (tertiary/aromatic N) is 6. The first-order chi connectivity index (χ1) is 23.3. The molecule has 0 aliphatic carbocycles. The molecule has 4 aromatic rings. The molecule has 4 aliphatic heterocycles. The van der Waals surface area contributed by atoms with Crippen molar-refractivity contribution in [3.8, 4) is 23.2 Å². The molecule has 0 saturated carbocycles. The largest absolute Gasteiger partial charge is 0.462 e. The number of rotatable bonds is 8. The van der Waals surface area contributed by atoms with Crippen LogP contribution in [0.4, 0.5) is 19.6 Å². The number of nitriles is 1. The molecular formula is C35H39F2N7O3S. The lowest BCUT2D eigenvalue weighted by Gasteiger charge is -2.43. The third-order valence-electron chi connectivity index (χ3n) is 10.7. The van der Waals surface area contributed by atoms with Gasteiger partial charge in [0.15, 0.2) is 5.82 Å². The normalized spacial score (nSPS) is 23.3. The smallest absolute Gasteiger partial charge is 0.319 e. The zero-order chi connectivity index (χ0) is 33.3. The summed E-state index contributed by atoms with van der Waals surface area (Å²) in [4.78, 5) is 16.8. The zero-order valence-corrected chi connectivity index (χ0v) is 28.2. The molecule has 2 N–H and O–H groups in total. The number of aromatic nitrogens is 2. The molecule has 8 rings (SSSR count). The SMILES string of the molecule is COC(C)CN1CC2CCC(C1)N2c1nc(OC[C@@H]2CCCN2C)nc2c(F)c(-c3c(F)ccc4sc(N)c(C#N)c34)c3c(c12)COC3. The molecular weight excluding hydrogens is 636 g/mol. The Morgan fingerprint density at radius 2 is 1.88 bits per heavy atom. The van der Waals surface area contributed by atoms with Crippen LogP contribution < -0.4 is 15.4 Å². The maximum absolute atomic E-state index is 17.4. The van der Waals surface area contributed by atoms with E-state index in [1.807, 2.05) is 0 Å². The highest BCUT2D eigenvalue weighted by Crippen LogP contribution is 2.49. The van der Waals surface area contributed by atoms with Crippen LogP contribution in [-0.4, -0.2) is 90.9 Å². The molecule has 13 heteroatoms. The molecule has 6 heterocycles. The summed E-state index contributed by atoms with van der Waals surface area (Å²) in [5.74, 6) is -0.676. The second kappa shape index (κ2) is 12.3. The number of nitrogen functional groups attached to an aromatic ring is 1. The van der Waals surface area contributed by atoms with Crippen LogP contribution in [0.5, 0.6) is 6.01 Å². The van der Waals surface area contributed by atoms with Gasteiger partial charge in [0.1, 0.15) is 34.8 Å². The van der Waals surface area contributed by atoms with Crippen LogP contribution >= 0.6 is 11.3 Å². The van der Waals surface area contributed by atoms with E-state index in [0.717, 1.165) is 57.4 Å². The number of piperazine rings is 1. The highest BCUT2D eigenvalue weighted by molar-refractivity contribution is 7.23. The van der Waals surface area contributed by atoms with Crippen molar-refractivity contribution >= 4 is 43.1 Å². The standard InChI is InChI=1S/C35H39F2N7O3S/c1-18(45-3)12-43-13-19-6-7-20(14-43)44(19)34-29-24-17-46-16-23(24)28(30-25(36)8-9-26-27(30)22(11-38)33(39)48-26)31(37)32(29)40-35(41-34)47-15-21-5-4-10-42(21)2/h8-9,18-21H,4-7,10,12-17,39H2,1-3H3/t18?,19?,20?,21-/m0/s1. The zero-order valence-electron chi connectivity index (χ0n) is 27.4. The van der Waals surface area contributed by atoms with Crippen molar-refractivity contribution in [3.63, 3.8) is 0 Å². The molecule has 48 heavy (non-hydrogen) atoms. The predicted molar refractivity (Wildman–Crippen MR) is 181 cm³/mol. The third kappa shape index (κ3) is 5.08. The average molecular weight is 676 g/mol. The number of likely N-dealkylation sites (tertiary alicyclic amines) is 2. The molecule has 3 unspecified atom stereocenters. The number of ether oxygens (including phenoxy) is 3. The van der Waals surface area contributed by atoms with Crippen molar-refractivity contribution in [3.05, 3.63) is 40.5 Å². The topological polar surface area (TPSA) is 113 Å². The lowest BCUT2D eigenvalue weighted by Crippen LogP contribution is -2.55. The summed E-state index contributed by atoms with van der Waals surface area (Å²) in [6, 6.07) is 5.66. The first-order valence-corrected chi connectivity index (χ1v) is 17.5. The van der Waals surface area contributed by atoms with E-state index in [0.29, 0.717) is 33.5 Å². The molecule has 0 radical (unpaired) electrons. The first kappa shape index (κ1) is 31.6. The van der Waals surface area contributed by atoms with E-state index in [4.69, 9.17) is 29.9 Å². The van der Waals surface area contributed by atoms with Gasteiger partial charge in [-0.2, -0.15) is 15.2 Å². The van der Waals surface area contributed by atoms with Crippen LogP contribution in [0.1, 0.15) is 49.3 Å². The number of thiophene rings is 1. The molecule has 2 aromatic heterocycles. The minimum Gasteiger partial charge on any atom is -0.462 e. The van der Waals surface area contributed by atoms with Crippen LogP contribution in [0.3, 0.4) is 0 Å². The van der Waals surface area contributed by atoms with E-state index < -0.39 is 11.6 Å². The van der Waals surface area contributed by atoms with Crippen LogP contribution in [0.25, 0.3) is 32.1 Å². The maximum atomic E-state index is 17.4. The van der Waals surface area contributed by atoms with Gasteiger partial charge in [0, 0.05) is 66.1 Å². The molecule has 2 aromatic carbocycles. The Bertz CT molecular complexity index is 1950. The Morgan fingerprint density at radius 1 is 1.10 bits per heavy atom. The van der Waals surface area contributed by atoms with Crippen molar-refractivity contribution < 1.29 is 23.0 Å². The van der Waals surface area contributed by atoms with Crippen LogP contribution in [0, 0.1) is 23.0 Å². The van der Waals surface area contributed by atoms with Crippen LogP contribution in [0.15, 0.2) is 12.1 Å². The molecule has 4 aliphatic rings. The van der Waals surface area contributed by atoms with Gasteiger partial charge in [0.25, 0.3) is 0 Å². The number of nitrogens with two attached hydrogens (primary N) is 1. The van der Waals surface area contributed by atoms with Gasteiger partial charge < -0.3 is 29.7 Å². The van der Waals surface area contributed by atoms with E-state index in [-0.39, 0.29) is 70.7 Å². The highest BCUT2D eigenvalue weighted by Gasteiger charge is 2.43. The Balaban J connectivity index is 1.33. The summed E-state index contributed by atoms with van der Waals surface area (Å²) in [6.45, 7) is 6.26. The Morgan fingerprint density at radius 3 is 2.58 bits per heavy atom. The Hall–Kier alpha value is -3.67. The van der Waals surface area contributed by atoms with Crippen molar-refractivity contribution in [1.29, 1.82) is 5.26 Å². The van der Waals surface area contributed by atoms with Crippen molar-refractivity contribution in [2.75, 3.05) is 57.6 Å². The van der Waals surface area contributed by atoms with E-state index in [9.17, 15) is 5.26 Å². The summed E-state index contributed by atoms with van der Waals surface area (Å²) >= 11 is 1.19. The summed E-state index contributed by atoms with van der Waals surface area (Å²) in [5.41, 5.74) is 7.76. The lowest BCUT2D eigenvalue weighted by atomic mass is 9.90.